The number of fused-ring (bicyclic) bond motifs is 2. The highest BCUT2D eigenvalue weighted by Crippen LogP contribution is 2.33. The first-order chi connectivity index (χ1) is 13.8. The van der Waals surface area contributed by atoms with Gasteiger partial charge in [-0.05, 0) is 42.2 Å². The van der Waals surface area contributed by atoms with Gasteiger partial charge in [0.1, 0.15) is 12.1 Å². The summed E-state index contributed by atoms with van der Waals surface area (Å²) in [4.78, 5) is 21.9. The minimum Gasteiger partial charge on any atom is -0.351 e. The van der Waals surface area contributed by atoms with Crippen molar-refractivity contribution in [3.8, 4) is 5.82 Å². The summed E-state index contributed by atoms with van der Waals surface area (Å²) in [5, 5.41) is 3.12. The average Bonchev–Trinajstić information content (AvgIpc) is 3.37. The van der Waals surface area contributed by atoms with Crippen LogP contribution in [-0.2, 0) is 17.8 Å². The molecule has 138 valence electrons. The second-order valence-electron chi connectivity index (χ2n) is 7.10. The molecule has 1 aliphatic carbocycles. The van der Waals surface area contributed by atoms with Gasteiger partial charge < -0.3 is 5.32 Å². The minimum atomic E-state index is -0.0644. The highest BCUT2D eigenvalue weighted by Gasteiger charge is 2.28. The molecule has 0 bridgehead atoms. The van der Waals surface area contributed by atoms with Crippen molar-refractivity contribution >= 4 is 16.9 Å². The van der Waals surface area contributed by atoms with Crippen LogP contribution in [0.15, 0.2) is 73.2 Å². The summed E-state index contributed by atoms with van der Waals surface area (Å²) in [6, 6.07) is 20.1. The molecule has 0 saturated carbocycles. The van der Waals surface area contributed by atoms with Gasteiger partial charge in [-0.2, -0.15) is 0 Å². The Hall–Kier alpha value is -3.47. The molecule has 1 aliphatic rings. The monoisotopic (exact) mass is 368 g/mol. The lowest BCUT2D eigenvalue weighted by Crippen LogP contribution is -2.28. The van der Waals surface area contributed by atoms with Gasteiger partial charge in [0.25, 0.3) is 0 Å². The first-order valence-corrected chi connectivity index (χ1v) is 9.53. The van der Waals surface area contributed by atoms with Gasteiger partial charge >= 0.3 is 0 Å². The Bertz CT molecular complexity index is 1160. The zero-order valence-corrected chi connectivity index (χ0v) is 15.4. The quantitative estimate of drug-likeness (QED) is 0.597. The summed E-state index contributed by atoms with van der Waals surface area (Å²) >= 11 is 0. The van der Waals surface area contributed by atoms with Crippen LogP contribution in [0.1, 0.15) is 29.0 Å². The number of carbonyl (C=O) groups is 1. The highest BCUT2D eigenvalue weighted by molar-refractivity contribution is 5.85. The van der Waals surface area contributed by atoms with Gasteiger partial charge in [0.05, 0.1) is 17.0 Å². The lowest BCUT2D eigenvalue weighted by molar-refractivity contribution is -0.122. The molecule has 1 unspecified atom stereocenters. The van der Waals surface area contributed by atoms with Crippen LogP contribution in [0, 0.1) is 0 Å². The fourth-order valence-electron chi connectivity index (χ4n) is 4.05. The van der Waals surface area contributed by atoms with Crippen LogP contribution in [0.3, 0.4) is 0 Å². The molecular formula is C23H20N4O. The predicted molar refractivity (Wildman–Crippen MR) is 108 cm³/mol. The van der Waals surface area contributed by atoms with E-state index in [4.69, 9.17) is 0 Å². The third-order valence-corrected chi connectivity index (χ3v) is 5.45. The third kappa shape index (κ3) is 2.85. The molecule has 1 amide bonds. The highest BCUT2D eigenvalue weighted by atomic mass is 16.1. The van der Waals surface area contributed by atoms with Crippen molar-refractivity contribution < 1.29 is 4.79 Å². The van der Waals surface area contributed by atoms with E-state index in [2.05, 4.69) is 27.4 Å². The molecular weight excluding hydrogens is 348 g/mol. The van der Waals surface area contributed by atoms with Crippen molar-refractivity contribution in [2.75, 3.05) is 0 Å². The van der Waals surface area contributed by atoms with Crippen LogP contribution < -0.4 is 5.32 Å². The van der Waals surface area contributed by atoms with Crippen LogP contribution in [0.2, 0.25) is 0 Å². The number of benzene rings is 2. The molecule has 1 N–H and O–H groups in total. The Morgan fingerprint density at radius 2 is 1.89 bits per heavy atom. The van der Waals surface area contributed by atoms with Crippen molar-refractivity contribution in [3.05, 3.63) is 89.9 Å². The number of hydrogen-bond acceptors (Lipinski definition) is 3. The Morgan fingerprint density at radius 3 is 2.86 bits per heavy atom. The lowest BCUT2D eigenvalue weighted by Gasteiger charge is -2.14. The van der Waals surface area contributed by atoms with Gasteiger partial charge in [-0.1, -0.05) is 42.5 Å². The first kappa shape index (κ1) is 16.7. The number of hydrogen-bond donors (Lipinski definition) is 1. The number of para-hydroxylation sites is 2. The summed E-state index contributed by atoms with van der Waals surface area (Å²) in [5.74, 6) is 0.809. The molecule has 5 nitrogen and oxygen atoms in total. The average molecular weight is 368 g/mol. The largest absolute Gasteiger partial charge is 0.351 e. The van der Waals surface area contributed by atoms with Gasteiger partial charge in [0.15, 0.2) is 0 Å². The number of pyridine rings is 1. The van der Waals surface area contributed by atoms with Gasteiger partial charge in [-0.3, -0.25) is 9.36 Å². The van der Waals surface area contributed by atoms with Gasteiger partial charge in [-0.25, -0.2) is 9.97 Å². The molecule has 0 radical (unpaired) electrons. The maximum absolute atomic E-state index is 12.8. The molecule has 1 atom stereocenters. The number of nitrogens with zero attached hydrogens (tertiary/aromatic N) is 3. The second-order valence-corrected chi connectivity index (χ2v) is 7.10. The van der Waals surface area contributed by atoms with Crippen molar-refractivity contribution in [2.45, 2.75) is 25.3 Å². The Labute approximate surface area is 163 Å². The minimum absolute atomic E-state index is 0.0644. The summed E-state index contributed by atoms with van der Waals surface area (Å²) < 4.78 is 1.97. The SMILES string of the molecule is O=C(NCc1cccnc1-n1cnc2ccccc21)C1CCc2ccccc21. The maximum atomic E-state index is 12.8. The zero-order chi connectivity index (χ0) is 18.9. The van der Waals surface area contributed by atoms with E-state index in [9.17, 15) is 4.79 Å². The number of nitrogens with one attached hydrogen (secondary N) is 1. The molecule has 4 aromatic rings. The third-order valence-electron chi connectivity index (χ3n) is 5.45. The zero-order valence-electron chi connectivity index (χ0n) is 15.4. The van der Waals surface area contributed by atoms with Crippen molar-refractivity contribution in [1.29, 1.82) is 0 Å². The molecule has 28 heavy (non-hydrogen) atoms. The number of rotatable bonds is 4. The molecule has 0 saturated heterocycles. The van der Waals surface area contributed by atoms with E-state index in [1.807, 2.05) is 53.1 Å². The topological polar surface area (TPSA) is 59.8 Å². The van der Waals surface area contributed by atoms with Gasteiger partial charge in [-0.15, -0.1) is 0 Å². The van der Waals surface area contributed by atoms with Gasteiger partial charge in [0.2, 0.25) is 5.91 Å². The number of imidazole rings is 1. The Kier molecular flexibility index (Phi) is 4.13. The van der Waals surface area contributed by atoms with E-state index in [1.165, 1.54) is 5.56 Å². The van der Waals surface area contributed by atoms with Crippen molar-refractivity contribution in [1.82, 2.24) is 19.9 Å². The van der Waals surface area contributed by atoms with E-state index < -0.39 is 0 Å². The number of aryl methyl sites for hydroxylation is 1. The molecule has 5 rings (SSSR count). The fourth-order valence-corrected chi connectivity index (χ4v) is 4.05. The van der Waals surface area contributed by atoms with Crippen LogP contribution >= 0.6 is 0 Å². The molecule has 2 heterocycles. The number of aromatic nitrogens is 3. The molecule has 0 fully saturated rings. The van der Waals surface area contributed by atoms with Crippen LogP contribution in [-0.4, -0.2) is 20.4 Å². The predicted octanol–water partition coefficient (Wildman–Crippen LogP) is 3.77. The smallest absolute Gasteiger partial charge is 0.227 e. The molecule has 2 aromatic carbocycles. The van der Waals surface area contributed by atoms with E-state index in [0.29, 0.717) is 6.54 Å². The van der Waals surface area contributed by atoms with E-state index >= 15 is 0 Å². The van der Waals surface area contributed by atoms with Gasteiger partial charge in [0, 0.05) is 18.3 Å². The van der Waals surface area contributed by atoms with Crippen LogP contribution in [0.5, 0.6) is 0 Å². The summed E-state index contributed by atoms with van der Waals surface area (Å²) in [6.07, 6.45) is 5.39. The normalized spacial score (nSPS) is 15.5. The van der Waals surface area contributed by atoms with E-state index in [0.717, 1.165) is 40.8 Å². The standard InChI is InChI=1S/C23H20N4O/c28-23(19-12-11-16-6-1-2-8-18(16)19)25-14-17-7-5-13-24-22(17)27-15-26-20-9-3-4-10-21(20)27/h1-10,13,15,19H,11-12,14H2,(H,25,28). The maximum Gasteiger partial charge on any atom is 0.227 e. The first-order valence-electron chi connectivity index (χ1n) is 9.53. The van der Waals surface area contributed by atoms with E-state index in [-0.39, 0.29) is 11.8 Å². The lowest BCUT2D eigenvalue weighted by atomic mass is 10.0. The van der Waals surface area contributed by atoms with Crippen LogP contribution in [0.4, 0.5) is 0 Å². The summed E-state index contributed by atoms with van der Waals surface area (Å²) in [6.45, 7) is 0.438. The number of amides is 1. The number of carbonyl (C=O) groups excluding carboxylic acids is 1. The molecule has 0 spiro atoms. The summed E-state index contributed by atoms with van der Waals surface area (Å²) in [7, 11) is 0. The van der Waals surface area contributed by atoms with Crippen molar-refractivity contribution in [2.24, 2.45) is 0 Å². The van der Waals surface area contributed by atoms with Crippen LogP contribution in [0.25, 0.3) is 16.9 Å². The molecule has 0 aliphatic heterocycles. The Morgan fingerprint density at radius 1 is 1.04 bits per heavy atom. The Balaban J connectivity index is 1.39. The fraction of sp³-hybridized carbons (Fsp3) is 0.174. The van der Waals surface area contributed by atoms with Crippen molar-refractivity contribution in [3.63, 3.8) is 0 Å². The molecule has 5 heteroatoms. The van der Waals surface area contributed by atoms with E-state index in [1.54, 1.807) is 12.5 Å². The summed E-state index contributed by atoms with van der Waals surface area (Å²) in [5.41, 5.74) is 5.33. The molecule has 2 aromatic heterocycles. The second kappa shape index (κ2) is 6.93.